The molecule has 3 nitrogen and oxygen atoms in total. The van der Waals surface area contributed by atoms with Gasteiger partial charge in [-0.1, -0.05) is 35.3 Å². The third kappa shape index (κ3) is 5.20. The molecule has 23 heavy (non-hydrogen) atoms. The first-order chi connectivity index (χ1) is 10.8. The summed E-state index contributed by atoms with van der Waals surface area (Å²) >= 11 is 11.8. The Labute approximate surface area is 145 Å². The lowest BCUT2D eigenvalue weighted by Crippen LogP contribution is -2.39. The highest BCUT2D eigenvalue weighted by molar-refractivity contribution is 6.35. The van der Waals surface area contributed by atoms with Gasteiger partial charge in [0.25, 0.3) is 0 Å². The average molecular weight is 355 g/mol. The molecule has 1 atom stereocenters. The van der Waals surface area contributed by atoms with Gasteiger partial charge >= 0.3 is 0 Å². The van der Waals surface area contributed by atoms with E-state index in [0.717, 1.165) is 5.56 Å². The molecule has 0 fully saturated rings. The topological polar surface area (TPSA) is 32.3 Å². The predicted molar refractivity (Wildman–Crippen MR) is 92.4 cm³/mol. The molecule has 0 bridgehead atoms. The number of halogens is 3. The number of hydrogen-bond acceptors (Lipinski definition) is 2. The van der Waals surface area contributed by atoms with Crippen molar-refractivity contribution in [2.24, 2.45) is 0 Å². The van der Waals surface area contributed by atoms with Gasteiger partial charge in [0.15, 0.2) is 0 Å². The van der Waals surface area contributed by atoms with Crippen molar-refractivity contribution in [1.29, 1.82) is 0 Å². The molecule has 1 unspecified atom stereocenters. The number of carbonyl (C=O) groups excluding carboxylic acids is 1. The number of benzene rings is 2. The summed E-state index contributed by atoms with van der Waals surface area (Å²) in [7, 11) is 1.81. The number of hydrogen-bond donors (Lipinski definition) is 1. The van der Waals surface area contributed by atoms with Crippen LogP contribution < -0.4 is 5.32 Å². The lowest BCUT2D eigenvalue weighted by Gasteiger charge is -2.24. The summed E-state index contributed by atoms with van der Waals surface area (Å²) < 4.78 is 13.2. The molecule has 0 radical (unpaired) electrons. The minimum absolute atomic E-state index is 0.192. The molecule has 1 N–H and O–H groups in total. The second kappa shape index (κ2) is 7.77. The molecule has 2 aromatic carbocycles. The van der Waals surface area contributed by atoms with E-state index in [-0.39, 0.29) is 11.7 Å². The molecule has 0 saturated heterocycles. The van der Waals surface area contributed by atoms with Gasteiger partial charge in [-0.15, -0.1) is 0 Å². The zero-order valence-electron chi connectivity index (χ0n) is 12.8. The maximum Gasteiger partial charge on any atom is 0.241 e. The summed E-state index contributed by atoms with van der Waals surface area (Å²) in [6, 6.07) is 10.8. The first kappa shape index (κ1) is 17.7. The van der Waals surface area contributed by atoms with E-state index in [2.05, 4.69) is 5.32 Å². The Morgan fingerprint density at radius 1 is 1.22 bits per heavy atom. The van der Waals surface area contributed by atoms with Crippen molar-refractivity contribution in [3.05, 3.63) is 63.9 Å². The molecule has 122 valence electrons. The molecular formula is C17H17Cl2FN2O. The molecule has 2 aromatic rings. The fourth-order valence-corrected chi connectivity index (χ4v) is 2.66. The Balaban J connectivity index is 2.00. The highest BCUT2D eigenvalue weighted by Crippen LogP contribution is 2.22. The van der Waals surface area contributed by atoms with Crippen molar-refractivity contribution in [2.45, 2.75) is 19.5 Å². The zero-order valence-corrected chi connectivity index (χ0v) is 14.3. The quantitative estimate of drug-likeness (QED) is 0.851. The second-order valence-corrected chi connectivity index (χ2v) is 6.24. The van der Waals surface area contributed by atoms with Crippen LogP contribution in [-0.4, -0.2) is 23.9 Å². The van der Waals surface area contributed by atoms with Gasteiger partial charge in [0.1, 0.15) is 5.82 Å². The molecule has 0 aliphatic rings. The van der Waals surface area contributed by atoms with Gasteiger partial charge in [0, 0.05) is 22.3 Å². The average Bonchev–Trinajstić information content (AvgIpc) is 2.45. The molecular weight excluding hydrogens is 338 g/mol. The van der Waals surface area contributed by atoms with Gasteiger partial charge in [-0.3, -0.25) is 9.69 Å². The van der Waals surface area contributed by atoms with Crippen molar-refractivity contribution >= 4 is 34.8 Å². The van der Waals surface area contributed by atoms with Crippen LogP contribution in [0.2, 0.25) is 10.0 Å². The fourth-order valence-electron chi connectivity index (χ4n) is 2.13. The lowest BCUT2D eigenvalue weighted by atomic mass is 10.2. The van der Waals surface area contributed by atoms with Crippen LogP contribution in [0.15, 0.2) is 42.5 Å². The van der Waals surface area contributed by atoms with Gasteiger partial charge in [0.05, 0.1) is 6.04 Å². The van der Waals surface area contributed by atoms with Crippen molar-refractivity contribution in [1.82, 2.24) is 4.90 Å². The van der Waals surface area contributed by atoms with Crippen molar-refractivity contribution in [2.75, 3.05) is 12.4 Å². The molecule has 6 heteroatoms. The molecule has 0 heterocycles. The van der Waals surface area contributed by atoms with E-state index in [1.54, 1.807) is 38.2 Å². The Hall–Kier alpha value is -1.62. The summed E-state index contributed by atoms with van der Waals surface area (Å²) in [5.74, 6) is -0.483. The van der Waals surface area contributed by atoms with Crippen molar-refractivity contribution in [3.63, 3.8) is 0 Å². The van der Waals surface area contributed by atoms with Gasteiger partial charge in [-0.2, -0.15) is 0 Å². The van der Waals surface area contributed by atoms with Crippen LogP contribution in [0, 0.1) is 5.82 Å². The molecule has 0 aromatic heterocycles. The SMILES string of the molecule is CC(C(=O)Nc1cc(Cl)cc(Cl)c1)N(C)Cc1cccc(F)c1. The predicted octanol–water partition coefficient (Wildman–Crippen LogP) is 4.59. The van der Waals surface area contributed by atoms with Crippen LogP contribution in [0.25, 0.3) is 0 Å². The number of anilines is 1. The standard InChI is InChI=1S/C17H17Cl2FN2O/c1-11(22(2)10-12-4-3-5-15(20)6-12)17(23)21-16-8-13(18)7-14(19)9-16/h3-9,11H,10H2,1-2H3,(H,21,23). The largest absolute Gasteiger partial charge is 0.325 e. The molecule has 1 amide bonds. The second-order valence-electron chi connectivity index (χ2n) is 5.37. The summed E-state index contributed by atoms with van der Waals surface area (Å²) in [6.45, 7) is 2.24. The number of likely N-dealkylation sites (N-methyl/N-ethyl adjacent to an activating group) is 1. The molecule has 0 aliphatic carbocycles. The summed E-state index contributed by atoms with van der Waals surface area (Å²) in [6.07, 6.45) is 0. The van der Waals surface area contributed by atoms with E-state index in [1.807, 2.05) is 11.0 Å². The highest BCUT2D eigenvalue weighted by atomic mass is 35.5. The number of nitrogens with zero attached hydrogens (tertiary/aromatic N) is 1. The maximum atomic E-state index is 13.2. The first-order valence-electron chi connectivity index (χ1n) is 7.07. The first-order valence-corrected chi connectivity index (χ1v) is 7.82. The van der Waals surface area contributed by atoms with E-state index < -0.39 is 6.04 Å². The summed E-state index contributed by atoms with van der Waals surface area (Å²) in [4.78, 5) is 14.2. The third-order valence-corrected chi connectivity index (χ3v) is 3.93. The van der Waals surface area contributed by atoms with E-state index >= 15 is 0 Å². The molecule has 2 rings (SSSR count). The minimum atomic E-state index is -0.406. The van der Waals surface area contributed by atoms with Crippen molar-refractivity contribution < 1.29 is 9.18 Å². The molecule has 0 aliphatic heterocycles. The van der Waals surface area contributed by atoms with Crippen LogP contribution in [0.1, 0.15) is 12.5 Å². The Bertz CT molecular complexity index is 688. The van der Waals surface area contributed by atoms with Crippen LogP contribution in [-0.2, 0) is 11.3 Å². The maximum absolute atomic E-state index is 13.2. The van der Waals surface area contributed by atoms with Crippen LogP contribution >= 0.6 is 23.2 Å². The zero-order chi connectivity index (χ0) is 17.0. The van der Waals surface area contributed by atoms with E-state index in [9.17, 15) is 9.18 Å². The summed E-state index contributed by atoms with van der Waals surface area (Å²) in [5.41, 5.74) is 1.34. The van der Waals surface area contributed by atoms with Crippen LogP contribution in [0.5, 0.6) is 0 Å². The normalized spacial score (nSPS) is 12.3. The molecule has 0 spiro atoms. The van der Waals surface area contributed by atoms with E-state index in [4.69, 9.17) is 23.2 Å². The van der Waals surface area contributed by atoms with Gasteiger partial charge < -0.3 is 5.32 Å². The number of amides is 1. The number of carbonyl (C=O) groups is 1. The van der Waals surface area contributed by atoms with Crippen LogP contribution in [0.3, 0.4) is 0 Å². The summed E-state index contributed by atoms with van der Waals surface area (Å²) in [5, 5.41) is 3.68. The van der Waals surface area contributed by atoms with E-state index in [0.29, 0.717) is 22.3 Å². The highest BCUT2D eigenvalue weighted by Gasteiger charge is 2.18. The third-order valence-electron chi connectivity index (χ3n) is 3.49. The fraction of sp³-hybridized carbons (Fsp3) is 0.235. The minimum Gasteiger partial charge on any atom is -0.325 e. The smallest absolute Gasteiger partial charge is 0.241 e. The number of nitrogens with one attached hydrogen (secondary N) is 1. The molecule has 0 saturated carbocycles. The lowest BCUT2D eigenvalue weighted by molar-refractivity contribution is -0.120. The Kier molecular flexibility index (Phi) is 5.99. The monoisotopic (exact) mass is 354 g/mol. The van der Waals surface area contributed by atoms with Gasteiger partial charge in [-0.25, -0.2) is 4.39 Å². The van der Waals surface area contributed by atoms with Crippen molar-refractivity contribution in [3.8, 4) is 0 Å². The van der Waals surface area contributed by atoms with Crippen LogP contribution in [0.4, 0.5) is 10.1 Å². The van der Waals surface area contributed by atoms with Gasteiger partial charge in [-0.05, 0) is 49.9 Å². The Morgan fingerprint density at radius 2 is 1.87 bits per heavy atom. The van der Waals surface area contributed by atoms with E-state index in [1.165, 1.54) is 12.1 Å². The number of rotatable bonds is 5. The Morgan fingerprint density at radius 3 is 2.48 bits per heavy atom. The van der Waals surface area contributed by atoms with Gasteiger partial charge in [0.2, 0.25) is 5.91 Å².